The molecule has 1 atom stereocenters. The van der Waals surface area contributed by atoms with Crippen molar-refractivity contribution in [1.29, 1.82) is 0 Å². The average Bonchev–Trinajstić information content (AvgIpc) is 2.58. The van der Waals surface area contributed by atoms with Crippen molar-refractivity contribution in [2.75, 3.05) is 26.2 Å². The van der Waals surface area contributed by atoms with E-state index in [1.807, 2.05) is 0 Å². The van der Waals surface area contributed by atoms with Crippen LogP contribution in [0.1, 0.15) is 26.2 Å². The molecule has 0 aromatic carbocycles. The molecule has 3 N–H and O–H groups in total. The molecule has 19 heavy (non-hydrogen) atoms. The normalized spacial score (nSPS) is 17.3. The smallest absolute Gasteiger partial charge is 0.317 e. The highest BCUT2D eigenvalue weighted by molar-refractivity contribution is 5.84. The topological polar surface area (TPSA) is 98.7 Å². The summed E-state index contributed by atoms with van der Waals surface area (Å²) in [4.78, 5) is 35.2. The fourth-order valence-corrected chi connectivity index (χ4v) is 1.82. The highest BCUT2D eigenvalue weighted by atomic mass is 16.4. The van der Waals surface area contributed by atoms with Crippen molar-refractivity contribution >= 4 is 17.9 Å². The highest BCUT2D eigenvalue weighted by Gasteiger charge is 2.19. The van der Waals surface area contributed by atoms with Gasteiger partial charge in [0, 0.05) is 19.6 Å². The van der Waals surface area contributed by atoms with E-state index in [1.54, 1.807) is 6.92 Å². The second-order valence-corrected chi connectivity index (χ2v) is 4.74. The van der Waals surface area contributed by atoms with Gasteiger partial charge in [-0.3, -0.25) is 9.59 Å². The fraction of sp³-hybridized carbons (Fsp3) is 0.750. The van der Waals surface area contributed by atoms with Crippen molar-refractivity contribution in [1.82, 2.24) is 15.5 Å². The predicted molar refractivity (Wildman–Crippen MR) is 68.6 cm³/mol. The third-order valence-corrected chi connectivity index (χ3v) is 3.06. The minimum atomic E-state index is -0.824. The predicted octanol–water partition coefficient (Wildman–Crippen LogP) is 0.0188. The summed E-state index contributed by atoms with van der Waals surface area (Å²) >= 11 is 0. The van der Waals surface area contributed by atoms with Crippen LogP contribution >= 0.6 is 0 Å². The molecule has 1 saturated heterocycles. The quantitative estimate of drug-likeness (QED) is 0.614. The molecule has 108 valence electrons. The van der Waals surface area contributed by atoms with Gasteiger partial charge in [0.2, 0.25) is 5.91 Å². The van der Waals surface area contributed by atoms with Crippen LogP contribution in [0.3, 0.4) is 0 Å². The molecule has 1 fully saturated rings. The van der Waals surface area contributed by atoms with Crippen LogP contribution in [0.25, 0.3) is 0 Å². The summed E-state index contributed by atoms with van der Waals surface area (Å²) in [7, 11) is 0. The molecule has 0 saturated carbocycles. The van der Waals surface area contributed by atoms with E-state index in [0.29, 0.717) is 32.5 Å². The van der Waals surface area contributed by atoms with Gasteiger partial charge in [-0.05, 0) is 19.3 Å². The van der Waals surface area contributed by atoms with E-state index in [4.69, 9.17) is 5.11 Å². The molecule has 0 bridgehead atoms. The monoisotopic (exact) mass is 271 g/mol. The highest BCUT2D eigenvalue weighted by Crippen LogP contribution is 2.04. The Kier molecular flexibility index (Phi) is 6.11. The SMILES string of the molecule is CC(CCCNC(=O)N1CCCNC(=O)C1)C(=O)O. The number of carboxylic acid groups (broad SMARTS) is 1. The number of carbonyl (C=O) groups is 3. The van der Waals surface area contributed by atoms with Gasteiger partial charge in [0.15, 0.2) is 0 Å². The Balaban J connectivity index is 2.23. The third-order valence-electron chi connectivity index (χ3n) is 3.06. The maximum absolute atomic E-state index is 11.8. The molecule has 7 heteroatoms. The summed E-state index contributed by atoms with van der Waals surface area (Å²) in [6.45, 7) is 3.30. The summed E-state index contributed by atoms with van der Waals surface area (Å²) in [5.41, 5.74) is 0. The standard InChI is InChI=1S/C12H21N3O4/c1-9(11(17)18)4-2-5-14-12(19)15-7-3-6-13-10(16)8-15/h9H,2-8H2,1H3,(H,13,16)(H,14,19)(H,17,18). The zero-order chi connectivity index (χ0) is 14.3. The first-order valence-electron chi connectivity index (χ1n) is 6.53. The molecule has 0 aliphatic carbocycles. The Morgan fingerprint density at radius 1 is 1.53 bits per heavy atom. The second-order valence-electron chi connectivity index (χ2n) is 4.74. The van der Waals surface area contributed by atoms with Crippen LogP contribution in [0.4, 0.5) is 4.79 Å². The molecular formula is C12H21N3O4. The number of nitrogens with zero attached hydrogens (tertiary/aromatic N) is 1. The molecule has 3 amide bonds. The summed E-state index contributed by atoms with van der Waals surface area (Å²) < 4.78 is 0. The van der Waals surface area contributed by atoms with Crippen molar-refractivity contribution in [2.24, 2.45) is 5.92 Å². The zero-order valence-electron chi connectivity index (χ0n) is 11.1. The summed E-state index contributed by atoms with van der Waals surface area (Å²) in [6, 6.07) is -0.264. The Bertz CT molecular complexity index is 346. The first kappa shape index (κ1) is 15.3. The third kappa shape index (κ3) is 5.58. The number of hydrogen-bond acceptors (Lipinski definition) is 3. The van der Waals surface area contributed by atoms with E-state index in [1.165, 1.54) is 4.90 Å². The average molecular weight is 271 g/mol. The number of nitrogens with one attached hydrogen (secondary N) is 2. The number of carbonyl (C=O) groups excluding carboxylic acids is 2. The lowest BCUT2D eigenvalue weighted by Gasteiger charge is -2.19. The molecule has 1 rings (SSSR count). The number of amides is 3. The molecule has 1 heterocycles. The van der Waals surface area contributed by atoms with E-state index in [-0.39, 0.29) is 18.5 Å². The second kappa shape index (κ2) is 7.60. The number of urea groups is 1. The lowest BCUT2D eigenvalue weighted by Crippen LogP contribution is -2.43. The van der Waals surface area contributed by atoms with Crippen molar-refractivity contribution < 1.29 is 19.5 Å². The Morgan fingerprint density at radius 3 is 2.95 bits per heavy atom. The molecule has 0 aromatic heterocycles. The number of hydrogen-bond donors (Lipinski definition) is 3. The van der Waals surface area contributed by atoms with Crippen LogP contribution in [0.2, 0.25) is 0 Å². The van der Waals surface area contributed by atoms with Crippen molar-refractivity contribution in [2.45, 2.75) is 26.2 Å². The zero-order valence-corrected chi connectivity index (χ0v) is 11.1. The van der Waals surface area contributed by atoms with Crippen molar-refractivity contribution in [3.8, 4) is 0 Å². The molecule has 7 nitrogen and oxygen atoms in total. The van der Waals surface area contributed by atoms with Gasteiger partial charge in [-0.15, -0.1) is 0 Å². The van der Waals surface area contributed by atoms with Gasteiger partial charge < -0.3 is 20.6 Å². The van der Waals surface area contributed by atoms with Gasteiger partial charge in [-0.25, -0.2) is 4.79 Å². The molecule has 0 aromatic rings. The molecular weight excluding hydrogens is 250 g/mol. The van der Waals surface area contributed by atoms with Crippen molar-refractivity contribution in [3.63, 3.8) is 0 Å². The summed E-state index contributed by atoms with van der Waals surface area (Å²) in [6.07, 6.45) is 1.88. The van der Waals surface area contributed by atoms with Crippen LogP contribution in [0, 0.1) is 5.92 Å². The Morgan fingerprint density at radius 2 is 2.26 bits per heavy atom. The van der Waals surface area contributed by atoms with Gasteiger partial charge in [-0.2, -0.15) is 0 Å². The van der Waals surface area contributed by atoms with E-state index in [9.17, 15) is 14.4 Å². The van der Waals surface area contributed by atoms with Crippen LogP contribution in [0.5, 0.6) is 0 Å². The minimum Gasteiger partial charge on any atom is -0.481 e. The van der Waals surface area contributed by atoms with Gasteiger partial charge in [-0.1, -0.05) is 6.92 Å². The van der Waals surface area contributed by atoms with Gasteiger partial charge in [0.1, 0.15) is 6.54 Å². The van der Waals surface area contributed by atoms with E-state index in [0.717, 1.165) is 6.42 Å². The van der Waals surface area contributed by atoms with E-state index in [2.05, 4.69) is 10.6 Å². The molecule has 1 aliphatic rings. The number of rotatable bonds is 5. The van der Waals surface area contributed by atoms with Crippen LogP contribution in [-0.2, 0) is 9.59 Å². The summed E-state index contributed by atoms with van der Waals surface area (Å²) in [5, 5.41) is 14.1. The summed E-state index contributed by atoms with van der Waals surface area (Å²) in [5.74, 6) is -1.37. The molecule has 0 spiro atoms. The lowest BCUT2D eigenvalue weighted by molar-refractivity contribution is -0.141. The Hall–Kier alpha value is -1.79. The van der Waals surface area contributed by atoms with Gasteiger partial charge in [0.25, 0.3) is 0 Å². The van der Waals surface area contributed by atoms with Crippen LogP contribution in [-0.4, -0.2) is 54.1 Å². The van der Waals surface area contributed by atoms with Crippen LogP contribution in [0.15, 0.2) is 0 Å². The molecule has 1 unspecified atom stereocenters. The largest absolute Gasteiger partial charge is 0.481 e. The van der Waals surface area contributed by atoms with Crippen LogP contribution < -0.4 is 10.6 Å². The first-order valence-corrected chi connectivity index (χ1v) is 6.53. The van der Waals surface area contributed by atoms with Gasteiger partial charge >= 0.3 is 12.0 Å². The Labute approximate surface area is 112 Å². The van der Waals surface area contributed by atoms with E-state index < -0.39 is 11.9 Å². The number of aliphatic carboxylic acids is 1. The van der Waals surface area contributed by atoms with Gasteiger partial charge in [0.05, 0.1) is 5.92 Å². The maximum Gasteiger partial charge on any atom is 0.317 e. The molecule has 1 aliphatic heterocycles. The molecule has 0 radical (unpaired) electrons. The fourth-order valence-electron chi connectivity index (χ4n) is 1.82. The van der Waals surface area contributed by atoms with Crippen molar-refractivity contribution in [3.05, 3.63) is 0 Å². The number of carboxylic acids is 1. The first-order chi connectivity index (χ1) is 9.00. The van der Waals surface area contributed by atoms with E-state index >= 15 is 0 Å². The minimum absolute atomic E-state index is 0.0807. The maximum atomic E-state index is 11.8. The lowest BCUT2D eigenvalue weighted by atomic mass is 10.1.